The molecular weight excluding hydrogens is 383 g/mol. The lowest BCUT2D eigenvalue weighted by molar-refractivity contribution is 0.305. The van der Waals surface area contributed by atoms with Crippen molar-refractivity contribution in [3.8, 4) is 0 Å². The molecule has 0 heterocycles. The highest BCUT2D eigenvalue weighted by Crippen LogP contribution is 2.26. The molecule has 1 fully saturated rings. The van der Waals surface area contributed by atoms with Crippen LogP contribution in [0.25, 0.3) is 5.70 Å². The summed E-state index contributed by atoms with van der Waals surface area (Å²) >= 11 is 0. The molecule has 2 atom stereocenters. The number of nitrogens with zero attached hydrogens (tertiary/aromatic N) is 1. The topological polar surface area (TPSA) is 24.4 Å². The first kappa shape index (κ1) is 24.3. The maximum absolute atomic E-state index is 13.7. The van der Waals surface area contributed by atoms with Crippen molar-refractivity contribution < 1.29 is 4.39 Å². The van der Waals surface area contributed by atoms with Crippen molar-refractivity contribution in [2.45, 2.75) is 52.5 Å². The molecule has 0 bridgehead atoms. The molecule has 1 aliphatic rings. The Bertz CT molecular complexity index is 913. The standard InChI is InChI=1S/C28H35FN2/c1-7-22(19-25(29)8-2)26(9-3)31-27(10-4)24-17-15-23(16-18-24)21(6)30-28-14-12-11-13-20(28)5/h7-10,15-20,28,30H,2,4,6,11-14H2,1,3,5H3/b22-7+,25-19+,26-9-,31-27+. The Morgan fingerprint density at radius 3 is 2.23 bits per heavy atom. The van der Waals surface area contributed by atoms with Crippen LogP contribution < -0.4 is 5.32 Å². The van der Waals surface area contributed by atoms with E-state index in [1.165, 1.54) is 37.8 Å². The molecule has 2 rings (SSSR count). The van der Waals surface area contributed by atoms with E-state index >= 15 is 0 Å². The molecule has 1 N–H and O–H groups in total. The Kier molecular flexibility index (Phi) is 9.45. The van der Waals surface area contributed by atoms with Gasteiger partial charge in [0.15, 0.2) is 0 Å². The van der Waals surface area contributed by atoms with Crippen LogP contribution in [-0.4, -0.2) is 11.8 Å². The van der Waals surface area contributed by atoms with Gasteiger partial charge in [-0.3, -0.25) is 0 Å². The van der Waals surface area contributed by atoms with Gasteiger partial charge in [-0.15, -0.1) is 0 Å². The molecule has 0 aliphatic heterocycles. The van der Waals surface area contributed by atoms with Crippen molar-refractivity contribution in [1.29, 1.82) is 0 Å². The van der Waals surface area contributed by atoms with Crippen LogP contribution in [0.15, 0.2) is 96.5 Å². The number of hydrogen-bond donors (Lipinski definition) is 1. The van der Waals surface area contributed by atoms with E-state index < -0.39 is 5.83 Å². The SMILES string of the molecule is C=C\C(F)=C/C(=C\C)C(=C/C)/N=C(\C=C)c1ccc(C(=C)NC2CCCCC2C)cc1. The van der Waals surface area contributed by atoms with Crippen LogP contribution in [0.3, 0.4) is 0 Å². The van der Waals surface area contributed by atoms with Crippen LogP contribution in [0.5, 0.6) is 0 Å². The van der Waals surface area contributed by atoms with Gasteiger partial charge in [0, 0.05) is 17.3 Å². The van der Waals surface area contributed by atoms with Crippen molar-refractivity contribution >= 4 is 11.4 Å². The summed E-state index contributed by atoms with van der Waals surface area (Å²) in [5.41, 5.74) is 5.07. The number of aliphatic imine (C=N–C) groups is 1. The summed E-state index contributed by atoms with van der Waals surface area (Å²) in [7, 11) is 0. The predicted octanol–water partition coefficient (Wildman–Crippen LogP) is 7.69. The minimum Gasteiger partial charge on any atom is -0.382 e. The largest absolute Gasteiger partial charge is 0.382 e. The van der Waals surface area contributed by atoms with Crippen LogP contribution in [0.2, 0.25) is 0 Å². The highest BCUT2D eigenvalue weighted by Gasteiger charge is 2.21. The average molecular weight is 419 g/mol. The van der Waals surface area contributed by atoms with Crippen molar-refractivity contribution in [3.63, 3.8) is 0 Å². The number of rotatable bonds is 9. The van der Waals surface area contributed by atoms with E-state index in [0.29, 0.717) is 23.2 Å². The Balaban J connectivity index is 2.21. The summed E-state index contributed by atoms with van der Waals surface area (Å²) in [5.74, 6) is 0.273. The van der Waals surface area contributed by atoms with Crippen molar-refractivity contribution in [3.05, 3.63) is 103 Å². The molecule has 2 unspecified atom stereocenters. The number of hydrogen-bond acceptors (Lipinski definition) is 2. The zero-order valence-corrected chi connectivity index (χ0v) is 19.1. The third-order valence-electron chi connectivity index (χ3n) is 5.80. The maximum atomic E-state index is 13.7. The normalized spacial score (nSPS) is 20.9. The second-order valence-corrected chi connectivity index (χ2v) is 7.92. The van der Waals surface area contributed by atoms with E-state index in [0.717, 1.165) is 22.5 Å². The van der Waals surface area contributed by atoms with Gasteiger partial charge in [-0.2, -0.15) is 0 Å². The van der Waals surface area contributed by atoms with Gasteiger partial charge in [-0.05, 0) is 62.0 Å². The van der Waals surface area contributed by atoms with Gasteiger partial charge in [0.25, 0.3) is 0 Å². The summed E-state index contributed by atoms with van der Waals surface area (Å²) in [4.78, 5) is 4.73. The zero-order valence-electron chi connectivity index (χ0n) is 19.1. The van der Waals surface area contributed by atoms with E-state index in [2.05, 4.69) is 44.1 Å². The van der Waals surface area contributed by atoms with Gasteiger partial charge < -0.3 is 5.32 Å². The van der Waals surface area contributed by atoms with Gasteiger partial charge in [0.05, 0.1) is 11.4 Å². The van der Waals surface area contributed by atoms with Crippen LogP contribution in [-0.2, 0) is 0 Å². The first-order valence-electron chi connectivity index (χ1n) is 11.0. The highest BCUT2D eigenvalue weighted by molar-refractivity contribution is 6.09. The van der Waals surface area contributed by atoms with E-state index in [-0.39, 0.29) is 0 Å². The Hall–Kier alpha value is -2.94. The smallest absolute Gasteiger partial charge is 0.123 e. The fourth-order valence-corrected chi connectivity index (χ4v) is 3.85. The minimum atomic E-state index is -0.398. The second kappa shape index (κ2) is 12.0. The molecule has 1 aromatic carbocycles. The molecule has 2 nitrogen and oxygen atoms in total. The van der Waals surface area contributed by atoms with Gasteiger partial charge in [0.2, 0.25) is 0 Å². The first-order chi connectivity index (χ1) is 14.9. The summed E-state index contributed by atoms with van der Waals surface area (Å²) in [5, 5.41) is 3.62. The van der Waals surface area contributed by atoms with Crippen LogP contribution in [0.4, 0.5) is 4.39 Å². The monoisotopic (exact) mass is 418 g/mol. The average Bonchev–Trinajstić information content (AvgIpc) is 2.80. The third-order valence-corrected chi connectivity index (χ3v) is 5.80. The lowest BCUT2D eigenvalue weighted by Gasteiger charge is -2.31. The Morgan fingerprint density at radius 2 is 1.68 bits per heavy atom. The molecule has 0 aromatic heterocycles. The first-order valence-corrected chi connectivity index (χ1v) is 11.0. The van der Waals surface area contributed by atoms with Crippen LogP contribution in [0.1, 0.15) is 57.6 Å². The Morgan fingerprint density at radius 1 is 1.03 bits per heavy atom. The van der Waals surface area contributed by atoms with E-state index in [9.17, 15) is 4.39 Å². The van der Waals surface area contributed by atoms with Gasteiger partial charge in [-0.25, -0.2) is 9.38 Å². The van der Waals surface area contributed by atoms with Gasteiger partial charge in [0.1, 0.15) is 5.83 Å². The molecule has 0 saturated heterocycles. The number of halogens is 1. The number of allylic oxidation sites excluding steroid dienone is 6. The maximum Gasteiger partial charge on any atom is 0.123 e. The predicted molar refractivity (Wildman–Crippen MR) is 134 cm³/mol. The third kappa shape index (κ3) is 6.78. The quantitative estimate of drug-likeness (QED) is 0.322. The van der Waals surface area contributed by atoms with Crippen LogP contribution in [0, 0.1) is 5.92 Å². The Labute approximate surface area is 187 Å². The molecule has 0 amide bonds. The van der Waals surface area contributed by atoms with E-state index in [4.69, 9.17) is 4.99 Å². The lowest BCUT2D eigenvalue weighted by Crippen LogP contribution is -2.35. The second-order valence-electron chi connectivity index (χ2n) is 7.92. The molecule has 3 heteroatoms. The molecule has 1 aromatic rings. The fourth-order valence-electron chi connectivity index (χ4n) is 3.85. The molecule has 0 spiro atoms. The minimum absolute atomic E-state index is 0.398. The van der Waals surface area contributed by atoms with Crippen molar-refractivity contribution in [1.82, 2.24) is 5.32 Å². The summed E-state index contributed by atoms with van der Waals surface area (Å²) < 4.78 is 13.7. The molecule has 1 aliphatic carbocycles. The molecule has 1 saturated carbocycles. The van der Waals surface area contributed by atoms with E-state index in [1.807, 2.05) is 38.1 Å². The number of nitrogens with one attached hydrogen (secondary N) is 1. The molecule has 164 valence electrons. The summed E-state index contributed by atoms with van der Waals surface area (Å²) in [6.07, 6.45) is 13.1. The highest BCUT2D eigenvalue weighted by atomic mass is 19.1. The summed E-state index contributed by atoms with van der Waals surface area (Å²) in [6.45, 7) is 17.7. The fraction of sp³-hybridized carbons (Fsp3) is 0.321. The van der Waals surface area contributed by atoms with Gasteiger partial charge >= 0.3 is 0 Å². The lowest BCUT2D eigenvalue weighted by atomic mass is 9.85. The van der Waals surface area contributed by atoms with Crippen molar-refractivity contribution in [2.24, 2.45) is 10.9 Å². The van der Waals surface area contributed by atoms with Crippen molar-refractivity contribution in [2.75, 3.05) is 0 Å². The number of benzene rings is 1. The zero-order chi connectivity index (χ0) is 22.8. The molecule has 0 radical (unpaired) electrons. The summed E-state index contributed by atoms with van der Waals surface area (Å²) in [6, 6.07) is 8.65. The van der Waals surface area contributed by atoms with E-state index in [1.54, 1.807) is 6.08 Å². The van der Waals surface area contributed by atoms with Gasteiger partial charge in [-0.1, -0.05) is 75.9 Å². The van der Waals surface area contributed by atoms with Crippen LogP contribution >= 0.6 is 0 Å². The molecular formula is C28H35FN2. The molecule has 31 heavy (non-hydrogen) atoms.